The summed E-state index contributed by atoms with van der Waals surface area (Å²) in [5.41, 5.74) is 1.63. The van der Waals surface area contributed by atoms with E-state index in [0.29, 0.717) is 0 Å². The molecule has 1 atom stereocenters. The average Bonchev–Trinajstić information content (AvgIpc) is 1.75. The normalized spacial score (nSPS) is 17.1. The van der Waals surface area contributed by atoms with E-state index in [9.17, 15) is 18.0 Å². The maximum atomic E-state index is 12.3. The molecule has 0 aromatic heterocycles. The summed E-state index contributed by atoms with van der Waals surface area (Å²) in [7, 11) is 0. The summed E-state index contributed by atoms with van der Waals surface area (Å²) in [6, 6.07) is 0. The summed E-state index contributed by atoms with van der Waals surface area (Å²) < 4.78 is 41.6. The van der Waals surface area contributed by atoms with Crippen molar-refractivity contribution >= 4 is 5.97 Å². The Morgan fingerprint density at radius 2 is 1.60 bits per heavy atom. The van der Waals surface area contributed by atoms with Crippen molar-refractivity contribution in [3.63, 3.8) is 0 Å². The third-order valence-corrected chi connectivity index (χ3v) is 1.58. The molecule has 0 aliphatic rings. The van der Waals surface area contributed by atoms with E-state index in [-0.39, 0.29) is 0 Å². The lowest BCUT2D eigenvalue weighted by Gasteiger charge is -2.28. The fourth-order valence-corrected chi connectivity index (χ4v) is 0.778. The van der Waals surface area contributed by atoms with Gasteiger partial charge in [0.2, 0.25) is 0 Å². The number of rotatable bonds is 2. The Labute approximate surface area is 86.8 Å². The molecule has 0 aliphatic carbocycles. The van der Waals surface area contributed by atoms with Gasteiger partial charge in [-0.05, 0) is 27.7 Å². The number of carbonyl (C=O) groups is 1. The Kier molecular flexibility index (Phi) is 3.79. The van der Waals surface area contributed by atoms with Gasteiger partial charge < -0.3 is 10.5 Å². The summed E-state index contributed by atoms with van der Waals surface area (Å²) >= 11 is 0. The highest BCUT2D eigenvalue weighted by atomic mass is 19.4. The highest BCUT2D eigenvalue weighted by Gasteiger charge is 2.49. The third kappa shape index (κ3) is 5.01. The van der Waals surface area contributed by atoms with E-state index in [0.717, 1.165) is 6.92 Å². The van der Waals surface area contributed by atoms with Gasteiger partial charge in [0.05, 0.1) is 6.42 Å². The van der Waals surface area contributed by atoms with Gasteiger partial charge in [-0.1, -0.05) is 0 Å². The molecule has 0 saturated heterocycles. The van der Waals surface area contributed by atoms with E-state index in [2.05, 4.69) is 0 Å². The first kappa shape index (κ1) is 14.2. The Morgan fingerprint density at radius 3 is 1.87 bits per heavy atom. The van der Waals surface area contributed by atoms with Crippen molar-refractivity contribution < 1.29 is 22.7 Å². The van der Waals surface area contributed by atoms with Gasteiger partial charge in [0.25, 0.3) is 0 Å². The Hall–Kier alpha value is -0.780. The molecule has 0 radical (unpaired) electrons. The van der Waals surface area contributed by atoms with E-state index in [1.165, 1.54) is 0 Å². The summed E-state index contributed by atoms with van der Waals surface area (Å²) in [5.74, 6) is -0.954. The van der Waals surface area contributed by atoms with Crippen LogP contribution in [-0.2, 0) is 9.53 Å². The lowest BCUT2D eigenvalue weighted by molar-refractivity contribution is -0.193. The minimum absolute atomic E-state index is 0.761. The van der Waals surface area contributed by atoms with Gasteiger partial charge in [-0.2, -0.15) is 13.2 Å². The van der Waals surface area contributed by atoms with Crippen molar-refractivity contribution in [2.45, 2.75) is 51.4 Å². The van der Waals surface area contributed by atoms with Gasteiger partial charge in [0, 0.05) is 0 Å². The van der Waals surface area contributed by atoms with Gasteiger partial charge in [0.1, 0.15) is 11.1 Å². The molecule has 0 aliphatic heterocycles. The first-order valence-corrected chi connectivity index (χ1v) is 4.43. The molecule has 0 heterocycles. The van der Waals surface area contributed by atoms with Crippen LogP contribution in [0.5, 0.6) is 0 Å². The number of halogens is 3. The molecule has 15 heavy (non-hydrogen) atoms. The Bertz CT molecular complexity index is 241. The lowest BCUT2D eigenvalue weighted by Crippen LogP contribution is -2.52. The minimum Gasteiger partial charge on any atom is -0.460 e. The van der Waals surface area contributed by atoms with Crippen LogP contribution in [0.3, 0.4) is 0 Å². The second-order valence-corrected chi connectivity index (χ2v) is 4.68. The lowest BCUT2D eigenvalue weighted by atomic mass is 9.99. The van der Waals surface area contributed by atoms with Gasteiger partial charge in [-0.3, -0.25) is 4.79 Å². The number of alkyl halides is 3. The van der Waals surface area contributed by atoms with Crippen LogP contribution in [0.2, 0.25) is 0 Å². The van der Waals surface area contributed by atoms with Crippen molar-refractivity contribution in [1.29, 1.82) is 0 Å². The smallest absolute Gasteiger partial charge is 0.406 e. The molecule has 0 aromatic rings. The molecule has 0 rings (SSSR count). The topological polar surface area (TPSA) is 52.3 Å². The molecule has 1 unspecified atom stereocenters. The SMILES string of the molecule is CC(C)(C)OC(=O)CC(C)(N)C(F)(F)F. The fourth-order valence-electron chi connectivity index (χ4n) is 0.778. The first-order valence-electron chi connectivity index (χ1n) is 4.43. The second-order valence-electron chi connectivity index (χ2n) is 4.68. The van der Waals surface area contributed by atoms with E-state index >= 15 is 0 Å². The summed E-state index contributed by atoms with van der Waals surface area (Å²) in [6.07, 6.45) is -5.50. The standard InChI is InChI=1S/C9H16F3NO2/c1-7(2,3)15-6(14)5-8(4,13)9(10,11)12/h5,13H2,1-4H3. The van der Waals surface area contributed by atoms with Crippen LogP contribution in [0, 0.1) is 0 Å². The van der Waals surface area contributed by atoms with Crippen LogP contribution < -0.4 is 5.73 Å². The predicted molar refractivity (Wildman–Crippen MR) is 49.1 cm³/mol. The van der Waals surface area contributed by atoms with Crippen molar-refractivity contribution in [3.8, 4) is 0 Å². The van der Waals surface area contributed by atoms with Gasteiger partial charge in [-0.15, -0.1) is 0 Å². The third-order valence-electron chi connectivity index (χ3n) is 1.58. The molecule has 0 saturated carbocycles. The summed E-state index contributed by atoms with van der Waals surface area (Å²) in [6.45, 7) is 5.49. The number of carbonyl (C=O) groups excluding carboxylic acids is 1. The van der Waals surface area contributed by atoms with Crippen molar-refractivity contribution in [1.82, 2.24) is 0 Å². The highest BCUT2D eigenvalue weighted by Crippen LogP contribution is 2.31. The van der Waals surface area contributed by atoms with Crippen molar-refractivity contribution in [3.05, 3.63) is 0 Å². The molecule has 2 N–H and O–H groups in total. The minimum atomic E-state index is -4.62. The Morgan fingerprint density at radius 1 is 1.20 bits per heavy atom. The van der Waals surface area contributed by atoms with Crippen LogP contribution in [0.25, 0.3) is 0 Å². The fraction of sp³-hybridized carbons (Fsp3) is 0.889. The van der Waals surface area contributed by atoms with Crippen LogP contribution in [-0.4, -0.2) is 23.3 Å². The largest absolute Gasteiger partial charge is 0.460 e. The van der Waals surface area contributed by atoms with E-state index < -0.39 is 29.7 Å². The molecule has 0 fully saturated rings. The maximum absolute atomic E-state index is 12.3. The molecule has 0 aromatic carbocycles. The maximum Gasteiger partial charge on any atom is 0.406 e. The average molecular weight is 227 g/mol. The number of nitrogens with two attached hydrogens (primary N) is 1. The van der Waals surface area contributed by atoms with Crippen LogP contribution in [0.15, 0.2) is 0 Å². The van der Waals surface area contributed by atoms with E-state index in [1.54, 1.807) is 20.8 Å². The number of hydrogen-bond acceptors (Lipinski definition) is 3. The van der Waals surface area contributed by atoms with E-state index in [1.807, 2.05) is 0 Å². The molecule has 0 amide bonds. The van der Waals surface area contributed by atoms with Crippen molar-refractivity contribution in [2.24, 2.45) is 5.73 Å². The number of hydrogen-bond donors (Lipinski definition) is 1. The molecular weight excluding hydrogens is 211 g/mol. The number of esters is 1. The molecule has 0 spiro atoms. The molecule has 6 heteroatoms. The summed E-state index contributed by atoms with van der Waals surface area (Å²) in [5, 5.41) is 0. The predicted octanol–water partition coefficient (Wildman–Crippen LogP) is 2.00. The first-order chi connectivity index (χ1) is 6.35. The molecule has 3 nitrogen and oxygen atoms in total. The summed E-state index contributed by atoms with van der Waals surface area (Å²) in [4.78, 5) is 11.1. The Balaban J connectivity index is 4.43. The number of ether oxygens (including phenoxy) is 1. The van der Waals surface area contributed by atoms with Crippen LogP contribution in [0.1, 0.15) is 34.1 Å². The monoisotopic (exact) mass is 227 g/mol. The molecule has 90 valence electrons. The molecular formula is C9H16F3NO2. The zero-order valence-corrected chi connectivity index (χ0v) is 9.23. The van der Waals surface area contributed by atoms with E-state index in [4.69, 9.17) is 10.5 Å². The molecule has 0 bridgehead atoms. The van der Waals surface area contributed by atoms with Gasteiger partial charge in [0.15, 0.2) is 0 Å². The zero-order valence-electron chi connectivity index (χ0n) is 9.23. The van der Waals surface area contributed by atoms with Crippen LogP contribution in [0.4, 0.5) is 13.2 Å². The zero-order chi connectivity index (χ0) is 12.5. The highest BCUT2D eigenvalue weighted by molar-refractivity contribution is 5.71. The quantitative estimate of drug-likeness (QED) is 0.734. The second kappa shape index (κ2) is 4.00. The van der Waals surface area contributed by atoms with Gasteiger partial charge in [-0.25, -0.2) is 0 Å². The van der Waals surface area contributed by atoms with Crippen molar-refractivity contribution in [2.75, 3.05) is 0 Å². The van der Waals surface area contributed by atoms with Crippen LogP contribution >= 0.6 is 0 Å². The van der Waals surface area contributed by atoms with Gasteiger partial charge >= 0.3 is 12.1 Å².